The summed E-state index contributed by atoms with van der Waals surface area (Å²) in [6.45, 7) is 0. The van der Waals surface area contributed by atoms with Gasteiger partial charge < -0.3 is 9.15 Å². The minimum Gasteiger partial charge on any atom is -0.495 e. The van der Waals surface area contributed by atoms with Crippen molar-refractivity contribution in [3.05, 3.63) is 64.9 Å². The second-order valence-corrected chi connectivity index (χ2v) is 8.05. The average Bonchev–Trinajstić information content (AvgIpc) is 3.02. The molecule has 3 aromatic carbocycles. The lowest BCUT2D eigenvalue weighted by molar-refractivity contribution is 0.417. The van der Waals surface area contributed by atoms with Crippen LogP contribution in [0.5, 0.6) is 5.75 Å². The molecule has 0 aliphatic carbocycles. The zero-order chi connectivity index (χ0) is 20.9. The number of rotatable bonds is 4. The Labute approximate surface area is 167 Å². The highest BCUT2D eigenvalue weighted by atomic mass is 35.5. The van der Waals surface area contributed by atoms with Crippen molar-refractivity contribution >= 4 is 49.3 Å². The molecule has 0 amide bonds. The fraction of sp³-hybridized carbons (Fsp3) is 0.0526. The second kappa shape index (κ2) is 6.85. The molecule has 0 fully saturated rings. The number of nitrogens with one attached hydrogen (secondary N) is 1. The van der Waals surface area contributed by atoms with Gasteiger partial charge in [0, 0.05) is 22.9 Å². The van der Waals surface area contributed by atoms with Crippen LogP contribution in [0.25, 0.3) is 21.9 Å². The number of furan rings is 1. The molecule has 0 saturated carbocycles. The fourth-order valence-electron chi connectivity index (χ4n) is 2.99. The molecule has 0 radical (unpaired) electrons. The molecule has 0 spiro atoms. The molecule has 4 rings (SSSR count). The number of fused-ring (bicyclic) bond motifs is 3. The summed E-state index contributed by atoms with van der Waals surface area (Å²) in [4.78, 5) is -1.41. The van der Waals surface area contributed by atoms with Crippen molar-refractivity contribution in [1.29, 1.82) is 0 Å². The normalized spacial score (nSPS) is 11.9. The van der Waals surface area contributed by atoms with Crippen LogP contribution in [-0.4, -0.2) is 15.5 Å². The summed E-state index contributed by atoms with van der Waals surface area (Å²) in [5.41, 5.74) is 0.757. The highest BCUT2D eigenvalue weighted by molar-refractivity contribution is 7.92. The number of hydrogen-bond acceptors (Lipinski definition) is 4. The van der Waals surface area contributed by atoms with Crippen LogP contribution in [0, 0.1) is 17.5 Å². The Morgan fingerprint density at radius 1 is 1.00 bits per heavy atom. The molecule has 5 nitrogen and oxygen atoms in total. The standard InChI is InChI=1S/C19H11ClF3NO4S/c1-27-16-6-10-9-4-2-3-5-14(9)28-15(10)8-13(16)24-29(25,26)19-12(22)7-11(21)17(20)18(19)23/h2-8,24H,1H3. The van der Waals surface area contributed by atoms with E-state index in [9.17, 15) is 21.6 Å². The SMILES string of the molecule is COc1cc2c(cc1NS(=O)(=O)c1c(F)cc(F)c(Cl)c1F)oc1ccccc12. The van der Waals surface area contributed by atoms with Gasteiger partial charge in [0.2, 0.25) is 0 Å². The third kappa shape index (κ3) is 3.16. The predicted octanol–water partition coefficient (Wildman–Crippen LogP) is 5.47. The second-order valence-electron chi connectivity index (χ2n) is 6.05. The van der Waals surface area contributed by atoms with Gasteiger partial charge in [-0.25, -0.2) is 21.6 Å². The van der Waals surface area contributed by atoms with Crippen LogP contribution in [0.1, 0.15) is 0 Å². The van der Waals surface area contributed by atoms with Gasteiger partial charge in [0.25, 0.3) is 10.0 Å². The maximum absolute atomic E-state index is 14.2. The van der Waals surface area contributed by atoms with E-state index in [1.807, 2.05) is 16.9 Å². The summed E-state index contributed by atoms with van der Waals surface area (Å²) in [7, 11) is -3.52. The van der Waals surface area contributed by atoms with Gasteiger partial charge in [-0.05, 0) is 12.1 Å². The number of methoxy groups -OCH3 is 1. The van der Waals surface area contributed by atoms with Gasteiger partial charge in [-0.15, -0.1) is 0 Å². The zero-order valence-electron chi connectivity index (χ0n) is 14.6. The topological polar surface area (TPSA) is 68.5 Å². The number of halogens is 4. The monoisotopic (exact) mass is 441 g/mol. The van der Waals surface area contributed by atoms with Gasteiger partial charge in [0.1, 0.15) is 33.6 Å². The molecule has 10 heteroatoms. The van der Waals surface area contributed by atoms with Crippen LogP contribution in [0.15, 0.2) is 51.8 Å². The lowest BCUT2D eigenvalue weighted by atomic mass is 10.1. The first-order valence-electron chi connectivity index (χ1n) is 8.08. The summed E-state index contributed by atoms with van der Waals surface area (Å²) in [5.74, 6) is -4.69. The molecule has 29 heavy (non-hydrogen) atoms. The van der Waals surface area contributed by atoms with Gasteiger partial charge >= 0.3 is 0 Å². The number of benzene rings is 3. The van der Waals surface area contributed by atoms with Crippen LogP contribution in [0.2, 0.25) is 5.02 Å². The number of ether oxygens (including phenoxy) is 1. The van der Waals surface area contributed by atoms with Crippen molar-refractivity contribution < 1.29 is 30.7 Å². The molecule has 0 bridgehead atoms. The van der Waals surface area contributed by atoms with Crippen molar-refractivity contribution in [3.63, 3.8) is 0 Å². The van der Waals surface area contributed by atoms with E-state index in [1.165, 1.54) is 19.2 Å². The maximum Gasteiger partial charge on any atom is 0.267 e. The fourth-order valence-corrected chi connectivity index (χ4v) is 4.40. The van der Waals surface area contributed by atoms with Crippen LogP contribution >= 0.6 is 11.6 Å². The van der Waals surface area contributed by atoms with E-state index in [1.54, 1.807) is 12.1 Å². The molecule has 4 aromatic rings. The number of hydrogen-bond donors (Lipinski definition) is 1. The summed E-state index contributed by atoms with van der Waals surface area (Å²) < 4.78 is 79.8. The summed E-state index contributed by atoms with van der Waals surface area (Å²) >= 11 is 5.40. The van der Waals surface area contributed by atoms with Crippen molar-refractivity contribution in [3.8, 4) is 5.75 Å². The number of sulfonamides is 1. The highest BCUT2D eigenvalue weighted by Gasteiger charge is 2.29. The van der Waals surface area contributed by atoms with E-state index in [2.05, 4.69) is 0 Å². The summed E-state index contributed by atoms with van der Waals surface area (Å²) in [5, 5.41) is 0.298. The van der Waals surface area contributed by atoms with Gasteiger partial charge in [-0.1, -0.05) is 29.8 Å². The number of anilines is 1. The first-order valence-corrected chi connectivity index (χ1v) is 9.94. The Morgan fingerprint density at radius 3 is 2.45 bits per heavy atom. The number of para-hydroxylation sites is 1. The smallest absolute Gasteiger partial charge is 0.267 e. The molecule has 1 aromatic heterocycles. The zero-order valence-corrected chi connectivity index (χ0v) is 16.2. The summed E-state index contributed by atoms with van der Waals surface area (Å²) in [6.07, 6.45) is 0. The molecular weight excluding hydrogens is 431 g/mol. The van der Waals surface area contributed by atoms with Crippen molar-refractivity contribution in [2.75, 3.05) is 11.8 Å². The van der Waals surface area contributed by atoms with Crippen LogP contribution in [0.4, 0.5) is 18.9 Å². The molecule has 0 aliphatic heterocycles. The van der Waals surface area contributed by atoms with E-state index in [0.29, 0.717) is 16.6 Å². The summed E-state index contributed by atoms with van der Waals surface area (Å²) in [6, 6.07) is 10.2. The van der Waals surface area contributed by atoms with E-state index < -0.39 is 37.4 Å². The molecule has 0 aliphatic rings. The molecule has 0 unspecified atom stereocenters. The van der Waals surface area contributed by atoms with Crippen LogP contribution in [-0.2, 0) is 10.0 Å². The average molecular weight is 442 g/mol. The van der Waals surface area contributed by atoms with Crippen molar-refractivity contribution in [2.24, 2.45) is 0 Å². The third-order valence-corrected chi connectivity index (χ3v) is 6.03. The van der Waals surface area contributed by atoms with Crippen molar-refractivity contribution in [1.82, 2.24) is 0 Å². The Kier molecular flexibility index (Phi) is 4.59. The Bertz CT molecular complexity index is 1390. The Balaban J connectivity index is 1.87. The van der Waals surface area contributed by atoms with Gasteiger partial charge in [-0.3, -0.25) is 4.72 Å². The Morgan fingerprint density at radius 2 is 1.72 bits per heavy atom. The molecule has 1 heterocycles. The Hall–Kier alpha value is -2.91. The van der Waals surface area contributed by atoms with Crippen LogP contribution in [0.3, 0.4) is 0 Å². The van der Waals surface area contributed by atoms with Gasteiger partial charge in [0.15, 0.2) is 10.7 Å². The lowest BCUT2D eigenvalue weighted by Crippen LogP contribution is -2.17. The lowest BCUT2D eigenvalue weighted by Gasteiger charge is -2.13. The van der Waals surface area contributed by atoms with Gasteiger partial charge in [0.05, 0.1) is 12.8 Å². The quantitative estimate of drug-likeness (QED) is 0.337. The molecule has 1 N–H and O–H groups in total. The largest absolute Gasteiger partial charge is 0.495 e. The van der Waals surface area contributed by atoms with E-state index >= 15 is 0 Å². The maximum atomic E-state index is 14.2. The first-order chi connectivity index (χ1) is 13.7. The first kappa shape index (κ1) is 19.4. The van der Waals surface area contributed by atoms with Gasteiger partial charge in [-0.2, -0.15) is 0 Å². The van der Waals surface area contributed by atoms with E-state index in [0.717, 1.165) is 5.39 Å². The highest BCUT2D eigenvalue weighted by Crippen LogP contribution is 2.38. The molecular formula is C19H11ClF3NO4S. The predicted molar refractivity (Wildman–Crippen MR) is 102 cm³/mol. The molecule has 150 valence electrons. The minimum absolute atomic E-state index is 0.0849. The van der Waals surface area contributed by atoms with E-state index in [-0.39, 0.29) is 17.5 Å². The third-order valence-electron chi connectivity index (χ3n) is 4.28. The minimum atomic E-state index is -4.82. The molecule has 0 atom stereocenters. The molecule has 0 saturated heterocycles. The van der Waals surface area contributed by atoms with Crippen LogP contribution < -0.4 is 9.46 Å². The van der Waals surface area contributed by atoms with E-state index in [4.69, 9.17) is 20.8 Å². The van der Waals surface area contributed by atoms with Crippen molar-refractivity contribution in [2.45, 2.75) is 4.90 Å².